The van der Waals surface area contributed by atoms with Crippen molar-refractivity contribution < 1.29 is 14.3 Å². The van der Waals surface area contributed by atoms with E-state index >= 15 is 0 Å². The quantitative estimate of drug-likeness (QED) is 0.726. The SMILES string of the molecule is CNC(=O)C(C)N(Cc1ccc(Br)cc1)C(=O)COc1cc(C)cc(C)c1. The number of ether oxygens (including phenoxy) is 1. The Morgan fingerprint density at radius 1 is 1.11 bits per heavy atom. The fourth-order valence-electron chi connectivity index (χ4n) is 2.82. The van der Waals surface area contributed by atoms with Crippen molar-refractivity contribution in [2.24, 2.45) is 0 Å². The van der Waals surface area contributed by atoms with Crippen molar-refractivity contribution >= 4 is 27.7 Å². The van der Waals surface area contributed by atoms with Crippen molar-refractivity contribution in [1.82, 2.24) is 10.2 Å². The highest BCUT2D eigenvalue weighted by atomic mass is 79.9. The fourth-order valence-corrected chi connectivity index (χ4v) is 3.09. The molecule has 0 aliphatic rings. The lowest BCUT2D eigenvalue weighted by Gasteiger charge is -2.28. The van der Waals surface area contributed by atoms with Crippen LogP contribution in [-0.4, -0.2) is 36.4 Å². The summed E-state index contributed by atoms with van der Waals surface area (Å²) < 4.78 is 6.66. The van der Waals surface area contributed by atoms with E-state index in [1.54, 1.807) is 14.0 Å². The number of nitrogens with one attached hydrogen (secondary N) is 1. The average Bonchev–Trinajstić information content (AvgIpc) is 2.63. The summed E-state index contributed by atoms with van der Waals surface area (Å²) in [5.41, 5.74) is 3.08. The molecular weight excluding hydrogens is 408 g/mol. The van der Waals surface area contributed by atoms with Gasteiger partial charge in [-0.15, -0.1) is 0 Å². The van der Waals surface area contributed by atoms with Crippen LogP contribution in [-0.2, 0) is 16.1 Å². The lowest BCUT2D eigenvalue weighted by molar-refractivity contribution is -0.142. The number of likely N-dealkylation sites (N-methyl/N-ethyl adjacent to an activating group) is 1. The molecule has 2 amide bonds. The molecule has 0 aromatic heterocycles. The van der Waals surface area contributed by atoms with Crippen LogP contribution in [0.25, 0.3) is 0 Å². The Morgan fingerprint density at radius 2 is 1.70 bits per heavy atom. The number of benzene rings is 2. The number of nitrogens with zero attached hydrogens (tertiary/aromatic N) is 1. The third-order valence-corrected chi connectivity index (χ3v) is 4.77. The molecular formula is C21H25BrN2O3. The Labute approximate surface area is 168 Å². The van der Waals surface area contributed by atoms with Crippen LogP contribution in [0.4, 0.5) is 0 Å². The topological polar surface area (TPSA) is 58.6 Å². The number of amides is 2. The minimum Gasteiger partial charge on any atom is -0.484 e. The number of rotatable bonds is 7. The highest BCUT2D eigenvalue weighted by Crippen LogP contribution is 2.18. The average molecular weight is 433 g/mol. The van der Waals surface area contributed by atoms with Crippen LogP contribution in [0.2, 0.25) is 0 Å². The molecule has 0 saturated heterocycles. The van der Waals surface area contributed by atoms with E-state index in [2.05, 4.69) is 21.2 Å². The van der Waals surface area contributed by atoms with Gasteiger partial charge < -0.3 is 15.0 Å². The highest BCUT2D eigenvalue weighted by Gasteiger charge is 2.25. The van der Waals surface area contributed by atoms with Gasteiger partial charge >= 0.3 is 0 Å². The lowest BCUT2D eigenvalue weighted by Crippen LogP contribution is -2.48. The van der Waals surface area contributed by atoms with Gasteiger partial charge in [-0.25, -0.2) is 0 Å². The van der Waals surface area contributed by atoms with Crippen molar-refractivity contribution in [3.63, 3.8) is 0 Å². The van der Waals surface area contributed by atoms with Gasteiger partial charge in [0.1, 0.15) is 11.8 Å². The van der Waals surface area contributed by atoms with Crippen LogP contribution in [0.15, 0.2) is 46.9 Å². The van der Waals surface area contributed by atoms with Gasteiger partial charge in [-0.1, -0.05) is 34.1 Å². The van der Waals surface area contributed by atoms with Gasteiger partial charge in [0, 0.05) is 18.1 Å². The Bertz CT molecular complexity index is 785. The highest BCUT2D eigenvalue weighted by molar-refractivity contribution is 9.10. The summed E-state index contributed by atoms with van der Waals surface area (Å²) in [6.45, 7) is 5.88. The number of carbonyl (C=O) groups excluding carboxylic acids is 2. The van der Waals surface area contributed by atoms with Crippen LogP contribution in [0, 0.1) is 13.8 Å². The first kappa shape index (κ1) is 21.0. The first-order valence-electron chi connectivity index (χ1n) is 8.76. The van der Waals surface area contributed by atoms with Crippen molar-refractivity contribution in [1.29, 1.82) is 0 Å². The van der Waals surface area contributed by atoms with E-state index < -0.39 is 6.04 Å². The maximum Gasteiger partial charge on any atom is 0.261 e. The van der Waals surface area contributed by atoms with Crippen LogP contribution in [0.3, 0.4) is 0 Å². The second kappa shape index (κ2) is 9.55. The zero-order chi connectivity index (χ0) is 20.0. The molecule has 2 rings (SSSR count). The van der Waals surface area contributed by atoms with Gasteiger partial charge in [0.15, 0.2) is 6.61 Å². The molecule has 1 atom stereocenters. The fraction of sp³-hybridized carbons (Fsp3) is 0.333. The van der Waals surface area contributed by atoms with E-state index in [4.69, 9.17) is 4.74 Å². The second-order valence-electron chi connectivity index (χ2n) is 6.55. The molecule has 0 fully saturated rings. The van der Waals surface area contributed by atoms with Crippen molar-refractivity contribution in [3.8, 4) is 5.75 Å². The molecule has 0 saturated carbocycles. The number of aryl methyl sites for hydroxylation is 2. The van der Waals surface area contributed by atoms with Gasteiger partial charge in [-0.3, -0.25) is 9.59 Å². The molecule has 0 aliphatic carbocycles. The predicted octanol–water partition coefficient (Wildman–Crippen LogP) is 3.61. The summed E-state index contributed by atoms with van der Waals surface area (Å²) in [6.07, 6.45) is 0. The standard InChI is InChI=1S/C21H25BrN2O3/c1-14-9-15(2)11-19(10-14)27-13-20(25)24(16(3)21(26)23-4)12-17-5-7-18(22)8-6-17/h5-11,16H,12-13H2,1-4H3,(H,23,26). The maximum absolute atomic E-state index is 12.8. The number of carbonyl (C=O) groups is 2. The van der Waals surface area contributed by atoms with Crippen molar-refractivity contribution in [3.05, 3.63) is 63.6 Å². The van der Waals surface area contributed by atoms with Gasteiger partial charge in [-0.05, 0) is 61.7 Å². The third-order valence-electron chi connectivity index (χ3n) is 4.24. The molecule has 1 unspecified atom stereocenters. The number of hydrogen-bond donors (Lipinski definition) is 1. The van der Waals surface area contributed by atoms with Crippen molar-refractivity contribution in [2.75, 3.05) is 13.7 Å². The summed E-state index contributed by atoms with van der Waals surface area (Å²) in [5.74, 6) is 0.192. The molecule has 0 bridgehead atoms. The van der Waals surface area contributed by atoms with E-state index in [1.807, 2.05) is 56.3 Å². The normalized spacial score (nSPS) is 11.6. The molecule has 2 aromatic carbocycles. The third kappa shape index (κ3) is 6.10. The summed E-state index contributed by atoms with van der Waals surface area (Å²) in [6, 6.07) is 12.9. The molecule has 0 spiro atoms. The smallest absolute Gasteiger partial charge is 0.261 e. The van der Waals surface area contributed by atoms with E-state index in [-0.39, 0.29) is 18.4 Å². The molecule has 0 radical (unpaired) electrons. The van der Waals surface area contributed by atoms with Crippen LogP contribution in [0.1, 0.15) is 23.6 Å². The van der Waals surface area contributed by atoms with E-state index in [0.717, 1.165) is 21.2 Å². The summed E-state index contributed by atoms with van der Waals surface area (Å²) >= 11 is 3.40. The molecule has 1 N–H and O–H groups in total. The van der Waals surface area contributed by atoms with Gasteiger partial charge in [0.05, 0.1) is 0 Å². The molecule has 27 heavy (non-hydrogen) atoms. The summed E-state index contributed by atoms with van der Waals surface area (Å²) in [7, 11) is 1.56. The molecule has 144 valence electrons. The van der Waals surface area contributed by atoms with Crippen LogP contribution < -0.4 is 10.1 Å². The van der Waals surface area contributed by atoms with E-state index in [9.17, 15) is 9.59 Å². The number of hydrogen-bond acceptors (Lipinski definition) is 3. The minimum atomic E-state index is -0.603. The molecule has 0 heterocycles. The van der Waals surface area contributed by atoms with E-state index in [1.165, 1.54) is 4.90 Å². The lowest BCUT2D eigenvalue weighted by atomic mass is 10.1. The Hall–Kier alpha value is -2.34. The van der Waals surface area contributed by atoms with Crippen LogP contribution >= 0.6 is 15.9 Å². The predicted molar refractivity (Wildman–Crippen MR) is 110 cm³/mol. The zero-order valence-corrected chi connectivity index (χ0v) is 17.7. The van der Waals surface area contributed by atoms with Crippen LogP contribution in [0.5, 0.6) is 5.75 Å². The Kier molecular flexibility index (Phi) is 7.42. The molecule has 2 aromatic rings. The van der Waals surface area contributed by atoms with Gasteiger partial charge in [-0.2, -0.15) is 0 Å². The van der Waals surface area contributed by atoms with E-state index in [0.29, 0.717) is 12.3 Å². The number of halogens is 1. The largest absolute Gasteiger partial charge is 0.484 e. The second-order valence-corrected chi connectivity index (χ2v) is 7.47. The summed E-state index contributed by atoms with van der Waals surface area (Å²) in [5, 5.41) is 2.60. The minimum absolute atomic E-state index is 0.124. The Balaban J connectivity index is 2.14. The van der Waals surface area contributed by atoms with Gasteiger partial charge in [0.2, 0.25) is 5.91 Å². The Morgan fingerprint density at radius 3 is 2.26 bits per heavy atom. The molecule has 6 heteroatoms. The maximum atomic E-state index is 12.8. The van der Waals surface area contributed by atoms with Crippen molar-refractivity contribution in [2.45, 2.75) is 33.4 Å². The molecule has 0 aliphatic heterocycles. The summed E-state index contributed by atoms with van der Waals surface area (Å²) in [4.78, 5) is 26.5. The zero-order valence-electron chi connectivity index (χ0n) is 16.1. The first-order valence-corrected chi connectivity index (χ1v) is 9.56. The molecule has 5 nitrogen and oxygen atoms in total. The first-order chi connectivity index (χ1) is 12.8. The van der Waals surface area contributed by atoms with Gasteiger partial charge in [0.25, 0.3) is 5.91 Å². The monoisotopic (exact) mass is 432 g/mol.